The summed E-state index contributed by atoms with van der Waals surface area (Å²) in [5, 5.41) is 9.35. The molecule has 0 aliphatic heterocycles. The highest BCUT2D eigenvalue weighted by molar-refractivity contribution is 8.13. The van der Waals surface area contributed by atoms with Gasteiger partial charge in [-0.3, -0.25) is 9.59 Å². The van der Waals surface area contributed by atoms with E-state index in [9.17, 15) is 9.59 Å². The van der Waals surface area contributed by atoms with Crippen molar-refractivity contribution in [1.29, 1.82) is 0 Å². The average Bonchev–Trinajstić information content (AvgIpc) is 2.41. The van der Waals surface area contributed by atoms with E-state index in [0.717, 1.165) is 30.4 Å². The minimum atomic E-state index is -0.852. The molecule has 0 amide bonds. The number of thioether (sulfide) groups is 1. The van der Waals surface area contributed by atoms with E-state index in [0.29, 0.717) is 11.4 Å². The Hall–Kier alpha value is -1.00. The number of hydrogen-bond donors (Lipinski definition) is 1. The highest BCUT2D eigenvalue weighted by atomic mass is 35.5. The van der Waals surface area contributed by atoms with Crippen LogP contribution in [0.15, 0.2) is 18.2 Å². The van der Waals surface area contributed by atoms with Crippen LogP contribution < -0.4 is 0 Å². The molecule has 1 aromatic rings. The van der Waals surface area contributed by atoms with Gasteiger partial charge in [0, 0.05) is 23.6 Å². The molecule has 0 fully saturated rings. The van der Waals surface area contributed by atoms with Crippen LogP contribution in [-0.2, 0) is 16.0 Å². The summed E-state index contributed by atoms with van der Waals surface area (Å²) in [4.78, 5) is 22.1. The number of unbranched alkanes of at least 4 members (excludes halogenated alkanes) is 1. The second-order valence-electron chi connectivity index (χ2n) is 4.98. The molecule has 0 saturated carbocycles. The SMILES string of the molecule is CCCCc1ccc(C(CCC(=O)O)SC(C)=O)cc1Cl. The van der Waals surface area contributed by atoms with Crippen molar-refractivity contribution in [3.05, 3.63) is 34.3 Å². The Bertz CT molecular complexity index is 502. The lowest BCUT2D eigenvalue weighted by atomic mass is 10.0. The molecule has 116 valence electrons. The van der Waals surface area contributed by atoms with Crippen molar-refractivity contribution in [3.63, 3.8) is 0 Å². The summed E-state index contributed by atoms with van der Waals surface area (Å²) >= 11 is 7.46. The van der Waals surface area contributed by atoms with Crippen LogP contribution in [0.25, 0.3) is 0 Å². The molecule has 3 nitrogen and oxygen atoms in total. The quantitative estimate of drug-likeness (QED) is 0.739. The Morgan fingerprint density at radius 1 is 1.38 bits per heavy atom. The predicted molar refractivity (Wildman–Crippen MR) is 87.9 cm³/mol. The van der Waals surface area contributed by atoms with Crippen molar-refractivity contribution in [2.45, 2.75) is 51.2 Å². The fourth-order valence-electron chi connectivity index (χ4n) is 2.08. The maximum atomic E-state index is 11.3. The van der Waals surface area contributed by atoms with Crippen LogP contribution in [0.1, 0.15) is 55.9 Å². The number of benzene rings is 1. The number of hydrogen-bond acceptors (Lipinski definition) is 3. The summed E-state index contributed by atoms with van der Waals surface area (Å²) in [5.74, 6) is -0.852. The summed E-state index contributed by atoms with van der Waals surface area (Å²) < 4.78 is 0. The first-order valence-corrected chi connectivity index (χ1v) is 8.37. The van der Waals surface area contributed by atoms with Gasteiger partial charge >= 0.3 is 5.97 Å². The Labute approximate surface area is 135 Å². The molecule has 0 radical (unpaired) electrons. The summed E-state index contributed by atoms with van der Waals surface area (Å²) in [6.45, 7) is 3.63. The van der Waals surface area contributed by atoms with E-state index in [1.54, 1.807) is 0 Å². The average molecular weight is 329 g/mol. The highest BCUT2D eigenvalue weighted by Gasteiger charge is 2.17. The van der Waals surface area contributed by atoms with Crippen LogP contribution in [0.5, 0.6) is 0 Å². The standard InChI is InChI=1S/C16H21ClO3S/c1-3-4-5-12-6-7-13(10-14(12)17)15(21-11(2)18)8-9-16(19)20/h6-7,10,15H,3-5,8-9H2,1-2H3,(H,19,20). The van der Waals surface area contributed by atoms with Gasteiger partial charge in [0.25, 0.3) is 0 Å². The molecule has 5 heteroatoms. The number of aryl methyl sites for hydroxylation is 1. The Morgan fingerprint density at radius 3 is 2.62 bits per heavy atom. The van der Waals surface area contributed by atoms with Crippen molar-refractivity contribution >= 4 is 34.4 Å². The number of carboxylic acids is 1. The molecular weight excluding hydrogens is 308 g/mol. The van der Waals surface area contributed by atoms with E-state index in [4.69, 9.17) is 16.7 Å². The van der Waals surface area contributed by atoms with Gasteiger partial charge in [-0.25, -0.2) is 0 Å². The number of aliphatic carboxylic acids is 1. The van der Waals surface area contributed by atoms with Crippen LogP contribution in [0.4, 0.5) is 0 Å². The van der Waals surface area contributed by atoms with E-state index in [2.05, 4.69) is 6.92 Å². The smallest absolute Gasteiger partial charge is 0.303 e. The Morgan fingerprint density at radius 2 is 2.10 bits per heavy atom. The highest BCUT2D eigenvalue weighted by Crippen LogP contribution is 2.35. The third-order valence-electron chi connectivity index (χ3n) is 3.18. The lowest BCUT2D eigenvalue weighted by Crippen LogP contribution is -2.03. The molecule has 0 aliphatic carbocycles. The third kappa shape index (κ3) is 6.53. The largest absolute Gasteiger partial charge is 0.481 e. The van der Waals surface area contributed by atoms with Gasteiger partial charge in [0.15, 0.2) is 5.12 Å². The number of carbonyl (C=O) groups is 2. The van der Waals surface area contributed by atoms with E-state index in [1.165, 1.54) is 18.7 Å². The predicted octanol–water partition coefficient (Wildman–Crippen LogP) is 4.87. The summed E-state index contributed by atoms with van der Waals surface area (Å²) in [6.07, 6.45) is 3.60. The van der Waals surface area contributed by atoms with E-state index in [1.807, 2.05) is 18.2 Å². The van der Waals surface area contributed by atoms with Crippen molar-refractivity contribution in [2.24, 2.45) is 0 Å². The molecule has 21 heavy (non-hydrogen) atoms. The van der Waals surface area contributed by atoms with Gasteiger partial charge in [-0.2, -0.15) is 0 Å². The number of halogens is 1. The topological polar surface area (TPSA) is 54.4 Å². The number of carbonyl (C=O) groups excluding carboxylic acids is 1. The minimum absolute atomic E-state index is 0.0171. The minimum Gasteiger partial charge on any atom is -0.481 e. The molecule has 1 aromatic carbocycles. The van der Waals surface area contributed by atoms with Gasteiger partial charge in [0.1, 0.15) is 0 Å². The Balaban J connectivity index is 2.88. The monoisotopic (exact) mass is 328 g/mol. The van der Waals surface area contributed by atoms with E-state index < -0.39 is 5.97 Å². The molecule has 1 unspecified atom stereocenters. The number of rotatable bonds is 8. The van der Waals surface area contributed by atoms with Gasteiger partial charge in [-0.05, 0) is 36.5 Å². The van der Waals surface area contributed by atoms with E-state index in [-0.39, 0.29) is 16.8 Å². The molecule has 0 bridgehead atoms. The molecule has 0 saturated heterocycles. The van der Waals surface area contributed by atoms with Crippen molar-refractivity contribution in [2.75, 3.05) is 0 Å². The van der Waals surface area contributed by atoms with Gasteiger partial charge in [-0.1, -0.05) is 48.8 Å². The second kappa shape index (κ2) is 9.11. The van der Waals surface area contributed by atoms with Crippen molar-refractivity contribution in [3.8, 4) is 0 Å². The summed E-state index contributed by atoms with van der Waals surface area (Å²) in [5.41, 5.74) is 2.02. The molecule has 0 aromatic heterocycles. The van der Waals surface area contributed by atoms with Crippen LogP contribution in [0.2, 0.25) is 5.02 Å². The van der Waals surface area contributed by atoms with Gasteiger partial charge in [-0.15, -0.1) is 0 Å². The van der Waals surface area contributed by atoms with Crippen LogP contribution in [0.3, 0.4) is 0 Å². The summed E-state index contributed by atoms with van der Waals surface area (Å²) in [6, 6.07) is 5.82. The van der Waals surface area contributed by atoms with Crippen molar-refractivity contribution in [1.82, 2.24) is 0 Å². The first-order valence-electron chi connectivity index (χ1n) is 7.11. The normalized spacial score (nSPS) is 12.1. The maximum Gasteiger partial charge on any atom is 0.303 e. The molecule has 0 heterocycles. The molecule has 0 spiro atoms. The molecule has 1 rings (SSSR count). The zero-order valence-corrected chi connectivity index (χ0v) is 14.0. The van der Waals surface area contributed by atoms with Gasteiger partial charge in [0.05, 0.1) is 0 Å². The Kier molecular flexibility index (Phi) is 7.83. The maximum absolute atomic E-state index is 11.3. The van der Waals surface area contributed by atoms with Crippen molar-refractivity contribution < 1.29 is 14.7 Å². The van der Waals surface area contributed by atoms with E-state index >= 15 is 0 Å². The fourth-order valence-corrected chi connectivity index (χ4v) is 3.28. The lowest BCUT2D eigenvalue weighted by molar-refractivity contribution is -0.137. The third-order valence-corrected chi connectivity index (χ3v) is 4.65. The molecule has 1 N–H and O–H groups in total. The summed E-state index contributed by atoms with van der Waals surface area (Å²) in [7, 11) is 0. The lowest BCUT2D eigenvalue weighted by Gasteiger charge is -2.16. The van der Waals surface area contributed by atoms with Gasteiger partial charge in [0.2, 0.25) is 0 Å². The second-order valence-corrected chi connectivity index (χ2v) is 6.77. The van der Waals surface area contributed by atoms with Crippen LogP contribution in [-0.4, -0.2) is 16.2 Å². The first kappa shape index (κ1) is 18.1. The zero-order valence-electron chi connectivity index (χ0n) is 12.4. The van der Waals surface area contributed by atoms with Gasteiger partial charge < -0.3 is 5.11 Å². The number of carboxylic acid groups (broad SMARTS) is 1. The van der Waals surface area contributed by atoms with Crippen LogP contribution in [0, 0.1) is 0 Å². The molecule has 0 aliphatic rings. The fraction of sp³-hybridized carbons (Fsp3) is 0.500. The molecular formula is C16H21ClO3S. The van der Waals surface area contributed by atoms with Crippen LogP contribution >= 0.6 is 23.4 Å². The molecule has 1 atom stereocenters. The first-order chi connectivity index (χ1) is 9.93. The zero-order chi connectivity index (χ0) is 15.8.